The lowest BCUT2D eigenvalue weighted by atomic mass is 10.0. The Kier molecular flexibility index (Phi) is 2.45. The fourth-order valence-electron chi connectivity index (χ4n) is 2.72. The highest BCUT2D eigenvalue weighted by Crippen LogP contribution is 2.42. The Hall–Kier alpha value is -1.68. The molecule has 2 bridgehead atoms. The summed E-state index contributed by atoms with van der Waals surface area (Å²) < 4.78 is 6.45. The highest BCUT2D eigenvalue weighted by Gasteiger charge is 2.31. The minimum atomic E-state index is 0.461. The van der Waals surface area contributed by atoms with Gasteiger partial charge in [-0.3, -0.25) is 0 Å². The Morgan fingerprint density at radius 1 is 1.16 bits per heavy atom. The summed E-state index contributed by atoms with van der Waals surface area (Å²) in [5.74, 6) is 2.33. The number of nitrogens with zero attached hydrogens (tertiary/aromatic N) is 2. The molecule has 0 N–H and O–H groups in total. The van der Waals surface area contributed by atoms with Crippen LogP contribution in [-0.4, -0.2) is 10.1 Å². The van der Waals surface area contributed by atoms with Crippen LogP contribution in [0.5, 0.6) is 0 Å². The largest absolute Gasteiger partial charge is 0.334 e. The van der Waals surface area contributed by atoms with Crippen LogP contribution in [0.15, 0.2) is 51.5 Å². The van der Waals surface area contributed by atoms with Crippen LogP contribution in [0.1, 0.15) is 12.3 Å². The van der Waals surface area contributed by atoms with Crippen molar-refractivity contribution in [1.82, 2.24) is 10.1 Å². The number of hydrogen-bond acceptors (Lipinski definition) is 3. The maximum Gasteiger partial charge on any atom is 0.254 e. The van der Waals surface area contributed by atoms with Gasteiger partial charge in [0.25, 0.3) is 5.89 Å². The van der Waals surface area contributed by atoms with E-state index in [0.717, 1.165) is 16.5 Å². The van der Waals surface area contributed by atoms with Crippen molar-refractivity contribution in [3.8, 4) is 11.4 Å². The van der Waals surface area contributed by atoms with Crippen molar-refractivity contribution < 1.29 is 4.52 Å². The number of rotatable bonds is 2. The van der Waals surface area contributed by atoms with E-state index in [4.69, 9.17) is 4.52 Å². The maximum atomic E-state index is 5.41. The quantitative estimate of drug-likeness (QED) is 0.784. The number of hydrogen-bond donors (Lipinski definition) is 0. The van der Waals surface area contributed by atoms with Gasteiger partial charge in [0.1, 0.15) is 0 Å². The first-order chi connectivity index (χ1) is 9.29. The first kappa shape index (κ1) is 11.2. The number of allylic oxidation sites excluding steroid dienone is 4. The van der Waals surface area contributed by atoms with E-state index in [0.29, 0.717) is 23.6 Å². The normalized spacial score (nSPS) is 23.9. The van der Waals surface area contributed by atoms with Crippen molar-refractivity contribution in [1.29, 1.82) is 0 Å². The predicted molar refractivity (Wildman–Crippen MR) is 76.1 cm³/mol. The molecule has 0 radical (unpaired) electrons. The number of benzene rings is 1. The second-order valence-corrected chi connectivity index (χ2v) is 5.86. The van der Waals surface area contributed by atoms with Gasteiger partial charge >= 0.3 is 0 Å². The molecule has 2 aromatic rings. The standard InChI is InChI=1S/C15H11BrN2O/c16-12-5-3-10(4-6-12)14-17-15(19-18-14)13-8-9-1-2-11(13)7-9/h1-6,8-9,11H,7H2. The summed E-state index contributed by atoms with van der Waals surface area (Å²) in [5, 5.41) is 4.08. The lowest BCUT2D eigenvalue weighted by molar-refractivity contribution is 0.405. The topological polar surface area (TPSA) is 38.9 Å². The summed E-state index contributed by atoms with van der Waals surface area (Å²) in [7, 11) is 0. The molecule has 1 aromatic heterocycles. The van der Waals surface area contributed by atoms with Gasteiger partial charge < -0.3 is 4.52 Å². The SMILES string of the molecule is Brc1ccc(-c2noc(C3=CC4C=CC3C4)n2)cc1. The van der Waals surface area contributed by atoms with Crippen LogP contribution in [0.25, 0.3) is 17.0 Å². The minimum absolute atomic E-state index is 0.461. The molecule has 0 amide bonds. The highest BCUT2D eigenvalue weighted by atomic mass is 79.9. The van der Waals surface area contributed by atoms with Gasteiger partial charge in [0.2, 0.25) is 5.82 Å². The molecule has 2 aliphatic carbocycles. The molecule has 0 aliphatic heterocycles. The molecule has 1 heterocycles. The molecule has 0 saturated heterocycles. The molecule has 0 fully saturated rings. The van der Waals surface area contributed by atoms with E-state index in [1.54, 1.807) is 0 Å². The second-order valence-electron chi connectivity index (χ2n) is 4.94. The molecule has 94 valence electrons. The molecule has 3 nitrogen and oxygen atoms in total. The highest BCUT2D eigenvalue weighted by molar-refractivity contribution is 9.10. The van der Waals surface area contributed by atoms with Crippen molar-refractivity contribution >= 4 is 21.5 Å². The summed E-state index contributed by atoms with van der Waals surface area (Å²) in [6.45, 7) is 0. The van der Waals surface area contributed by atoms with Crippen LogP contribution in [-0.2, 0) is 0 Å². The first-order valence-corrected chi connectivity index (χ1v) is 7.09. The molecule has 2 unspecified atom stereocenters. The lowest BCUT2D eigenvalue weighted by Gasteiger charge is -2.03. The number of halogens is 1. The molecule has 4 heteroatoms. The fourth-order valence-corrected chi connectivity index (χ4v) is 2.99. The van der Waals surface area contributed by atoms with Gasteiger partial charge in [-0.15, -0.1) is 0 Å². The molecule has 1 aromatic carbocycles. The minimum Gasteiger partial charge on any atom is -0.334 e. The van der Waals surface area contributed by atoms with Crippen molar-refractivity contribution in [3.63, 3.8) is 0 Å². The van der Waals surface area contributed by atoms with Crippen LogP contribution < -0.4 is 0 Å². The van der Waals surface area contributed by atoms with Gasteiger partial charge in [0.05, 0.1) is 0 Å². The Morgan fingerprint density at radius 2 is 2.00 bits per heavy atom. The van der Waals surface area contributed by atoms with Crippen LogP contribution in [0.4, 0.5) is 0 Å². The summed E-state index contributed by atoms with van der Waals surface area (Å²) >= 11 is 3.42. The van der Waals surface area contributed by atoms with Crippen molar-refractivity contribution in [2.24, 2.45) is 11.8 Å². The fraction of sp³-hybridized carbons (Fsp3) is 0.200. The van der Waals surface area contributed by atoms with Crippen molar-refractivity contribution in [3.05, 3.63) is 52.9 Å². The smallest absolute Gasteiger partial charge is 0.254 e. The molecule has 19 heavy (non-hydrogen) atoms. The zero-order valence-corrected chi connectivity index (χ0v) is 11.7. The van der Waals surface area contributed by atoms with E-state index in [1.807, 2.05) is 24.3 Å². The Bertz CT molecular complexity index is 684. The Labute approximate surface area is 119 Å². The molecule has 4 rings (SSSR count). The molecule has 0 saturated carbocycles. The van der Waals surface area contributed by atoms with Crippen LogP contribution in [0.3, 0.4) is 0 Å². The van der Waals surface area contributed by atoms with Gasteiger partial charge in [-0.25, -0.2) is 0 Å². The third-order valence-electron chi connectivity index (χ3n) is 3.69. The third-order valence-corrected chi connectivity index (χ3v) is 4.21. The third kappa shape index (κ3) is 1.87. The van der Waals surface area contributed by atoms with E-state index < -0.39 is 0 Å². The van der Waals surface area contributed by atoms with Gasteiger partial charge in [0.15, 0.2) is 0 Å². The molecule has 0 spiro atoms. The maximum absolute atomic E-state index is 5.41. The monoisotopic (exact) mass is 314 g/mol. The second kappa shape index (κ2) is 4.17. The van der Waals surface area contributed by atoms with Gasteiger partial charge in [-0.05, 0) is 36.6 Å². The predicted octanol–water partition coefficient (Wildman–Crippen LogP) is 4.09. The van der Waals surface area contributed by atoms with Gasteiger partial charge in [0, 0.05) is 21.5 Å². The number of aromatic nitrogens is 2. The van der Waals surface area contributed by atoms with Gasteiger partial charge in [-0.1, -0.05) is 39.3 Å². The molecule has 2 atom stereocenters. The molecular formula is C15H11BrN2O. The first-order valence-electron chi connectivity index (χ1n) is 6.30. The van der Waals surface area contributed by atoms with Crippen molar-refractivity contribution in [2.45, 2.75) is 6.42 Å². The summed E-state index contributed by atoms with van der Waals surface area (Å²) in [6, 6.07) is 7.91. The summed E-state index contributed by atoms with van der Waals surface area (Å²) in [4.78, 5) is 4.52. The Morgan fingerprint density at radius 3 is 2.68 bits per heavy atom. The van der Waals surface area contributed by atoms with E-state index in [2.05, 4.69) is 44.3 Å². The zero-order valence-electron chi connectivity index (χ0n) is 10.1. The molecular weight excluding hydrogens is 304 g/mol. The summed E-state index contributed by atoms with van der Waals surface area (Å²) in [6.07, 6.45) is 7.89. The Balaban J connectivity index is 1.67. The van der Waals surface area contributed by atoms with E-state index in [9.17, 15) is 0 Å². The average Bonchev–Trinajstić information content (AvgIpc) is 3.15. The summed E-state index contributed by atoms with van der Waals surface area (Å²) in [5.41, 5.74) is 2.15. The number of fused-ring (bicyclic) bond motifs is 2. The van der Waals surface area contributed by atoms with E-state index in [-0.39, 0.29) is 0 Å². The van der Waals surface area contributed by atoms with Crippen molar-refractivity contribution in [2.75, 3.05) is 0 Å². The van der Waals surface area contributed by atoms with Crippen LogP contribution in [0, 0.1) is 11.8 Å². The van der Waals surface area contributed by atoms with Crippen LogP contribution >= 0.6 is 15.9 Å². The molecule has 2 aliphatic rings. The van der Waals surface area contributed by atoms with E-state index in [1.165, 1.54) is 5.57 Å². The van der Waals surface area contributed by atoms with Gasteiger partial charge in [-0.2, -0.15) is 4.98 Å². The average molecular weight is 315 g/mol. The van der Waals surface area contributed by atoms with Crippen LogP contribution in [0.2, 0.25) is 0 Å². The zero-order chi connectivity index (χ0) is 12.8. The van der Waals surface area contributed by atoms with E-state index >= 15 is 0 Å². The lowest BCUT2D eigenvalue weighted by Crippen LogP contribution is -1.93.